The summed E-state index contributed by atoms with van der Waals surface area (Å²) in [4.78, 5) is 31.4. The molecule has 0 radical (unpaired) electrons. The van der Waals surface area contributed by atoms with E-state index < -0.39 is 7.82 Å². The normalized spacial score (nSPS) is 9.44. The van der Waals surface area contributed by atoms with Crippen molar-refractivity contribution >= 4 is 18.9 Å². The van der Waals surface area contributed by atoms with Gasteiger partial charge in [-0.2, -0.15) is 0 Å². The van der Waals surface area contributed by atoms with Gasteiger partial charge in [0.2, 0.25) is 0 Å². The van der Waals surface area contributed by atoms with E-state index in [-0.39, 0.29) is 103 Å². The number of aromatic nitrogens is 2. The van der Waals surface area contributed by atoms with E-state index in [1.807, 2.05) is 24.3 Å². The number of imidazole rings is 1. The first kappa shape index (κ1) is 20.4. The van der Waals surface area contributed by atoms with Crippen LogP contribution in [0.25, 0.3) is 11.0 Å². The summed E-state index contributed by atoms with van der Waals surface area (Å²) >= 11 is 0. The minimum Gasteiger partial charge on any atom is -0.790 e. The Labute approximate surface area is 177 Å². The third kappa shape index (κ3) is 10.0. The van der Waals surface area contributed by atoms with Gasteiger partial charge in [-0.15, -0.1) is 0 Å². The Hall–Kier alpha value is 2.07. The molecule has 0 aliphatic carbocycles. The molecule has 0 unspecified atom stereocenters. The fourth-order valence-corrected chi connectivity index (χ4v) is 0.880. The monoisotopic (exact) mass is 292 g/mol. The summed E-state index contributed by atoms with van der Waals surface area (Å²) in [6.07, 6.45) is 1.70. The SMILES string of the molecule is O=P([O-])([O-])O.[K+].[K+].c1ccc2[nH]cnc2c1. The van der Waals surface area contributed by atoms with E-state index in [2.05, 4.69) is 9.97 Å². The van der Waals surface area contributed by atoms with E-state index in [0.717, 1.165) is 11.0 Å². The maximum Gasteiger partial charge on any atom is 1.00 e. The zero-order chi connectivity index (χ0) is 10.6. The van der Waals surface area contributed by atoms with Crippen LogP contribution in [0.15, 0.2) is 30.6 Å². The molecule has 1 aromatic carbocycles. The first-order valence-corrected chi connectivity index (χ1v) is 5.09. The summed E-state index contributed by atoms with van der Waals surface area (Å²) in [7, 11) is -5.14. The summed E-state index contributed by atoms with van der Waals surface area (Å²) in [5.74, 6) is 0. The number of aromatic amines is 1. The predicted molar refractivity (Wildman–Crippen MR) is 45.9 cm³/mol. The summed E-state index contributed by atoms with van der Waals surface area (Å²) in [5, 5.41) is 0. The number of fused-ring (bicyclic) bond motifs is 1. The van der Waals surface area contributed by atoms with Crippen molar-refractivity contribution in [3.05, 3.63) is 30.6 Å². The second-order valence-electron chi connectivity index (χ2n) is 2.39. The fourth-order valence-electron chi connectivity index (χ4n) is 0.880. The Morgan fingerprint density at radius 1 is 1.25 bits per heavy atom. The third-order valence-electron chi connectivity index (χ3n) is 1.33. The van der Waals surface area contributed by atoms with Crippen LogP contribution in [0.1, 0.15) is 0 Å². The Morgan fingerprint density at radius 3 is 2.25 bits per heavy atom. The van der Waals surface area contributed by atoms with Gasteiger partial charge in [-0.3, -0.25) is 0 Å². The van der Waals surface area contributed by atoms with Crippen molar-refractivity contribution in [2.24, 2.45) is 0 Å². The zero-order valence-electron chi connectivity index (χ0n) is 8.95. The summed E-state index contributed by atoms with van der Waals surface area (Å²) in [6, 6.07) is 7.94. The molecule has 1 heterocycles. The number of hydrogen-bond acceptors (Lipinski definition) is 4. The first-order valence-electron chi connectivity index (χ1n) is 3.60. The van der Waals surface area contributed by atoms with Crippen LogP contribution < -0.4 is 113 Å². The van der Waals surface area contributed by atoms with Crippen LogP contribution >= 0.6 is 7.82 Å². The van der Waals surface area contributed by atoms with E-state index >= 15 is 0 Å². The number of para-hydroxylation sites is 2. The topological polar surface area (TPSA) is 112 Å². The van der Waals surface area contributed by atoms with Crippen molar-refractivity contribution in [3.63, 3.8) is 0 Å². The molecule has 0 aliphatic rings. The minimum absolute atomic E-state index is 0. The summed E-state index contributed by atoms with van der Waals surface area (Å²) in [6.45, 7) is 0. The van der Waals surface area contributed by atoms with Crippen LogP contribution in [-0.2, 0) is 4.57 Å². The van der Waals surface area contributed by atoms with Gasteiger partial charge in [0.25, 0.3) is 0 Å². The molecular formula is C7H7K2N2O4P. The van der Waals surface area contributed by atoms with Crippen molar-refractivity contribution in [1.29, 1.82) is 0 Å². The van der Waals surface area contributed by atoms with Gasteiger partial charge in [0.1, 0.15) is 0 Å². The third-order valence-corrected chi connectivity index (χ3v) is 1.33. The molecule has 6 nitrogen and oxygen atoms in total. The Morgan fingerprint density at radius 2 is 1.75 bits per heavy atom. The van der Waals surface area contributed by atoms with Crippen molar-refractivity contribution in [3.8, 4) is 0 Å². The van der Waals surface area contributed by atoms with Gasteiger partial charge >= 0.3 is 103 Å². The van der Waals surface area contributed by atoms with Gasteiger partial charge in [0.15, 0.2) is 0 Å². The van der Waals surface area contributed by atoms with Gasteiger partial charge in [-0.05, 0) is 12.1 Å². The molecule has 0 amide bonds. The predicted octanol–water partition coefficient (Wildman–Crippen LogP) is -6.62. The van der Waals surface area contributed by atoms with E-state index in [1.54, 1.807) is 6.33 Å². The van der Waals surface area contributed by atoms with Crippen LogP contribution in [0.2, 0.25) is 0 Å². The van der Waals surface area contributed by atoms with Crippen LogP contribution in [-0.4, -0.2) is 14.9 Å². The van der Waals surface area contributed by atoms with E-state index in [1.165, 1.54) is 0 Å². The molecule has 0 fully saturated rings. The van der Waals surface area contributed by atoms with Gasteiger partial charge in [0.05, 0.1) is 25.2 Å². The molecule has 2 aromatic rings. The smallest absolute Gasteiger partial charge is 0.790 e. The average molecular weight is 292 g/mol. The first-order chi connectivity index (χ1) is 6.47. The van der Waals surface area contributed by atoms with Crippen molar-refractivity contribution < 1.29 is 122 Å². The quantitative estimate of drug-likeness (QED) is 0.370. The molecule has 0 saturated heterocycles. The largest absolute Gasteiger partial charge is 1.00 e. The summed E-state index contributed by atoms with van der Waals surface area (Å²) < 4.78 is 8.66. The van der Waals surface area contributed by atoms with Crippen LogP contribution in [0.4, 0.5) is 0 Å². The molecule has 2 N–H and O–H groups in total. The molecule has 2 rings (SSSR count). The Bertz CT molecular complexity index is 420. The second-order valence-corrected chi connectivity index (χ2v) is 3.33. The summed E-state index contributed by atoms with van der Waals surface area (Å²) in [5.41, 5.74) is 2.12. The molecular weight excluding hydrogens is 285 g/mol. The average Bonchev–Trinajstić information content (AvgIpc) is 2.47. The molecule has 1 aromatic heterocycles. The van der Waals surface area contributed by atoms with Crippen LogP contribution in [0, 0.1) is 0 Å². The fraction of sp³-hybridized carbons (Fsp3) is 0. The molecule has 9 heteroatoms. The van der Waals surface area contributed by atoms with Crippen molar-refractivity contribution in [2.45, 2.75) is 0 Å². The van der Waals surface area contributed by atoms with Crippen LogP contribution in [0.3, 0.4) is 0 Å². The number of nitrogens with zero attached hydrogens (tertiary/aromatic N) is 1. The standard InChI is InChI=1S/C7H6N2.2K.H3O4P/c1-2-4-7-6(3-1)8-5-9-7;;;1-5(2,3)4/h1-5H,(H,8,9);;;(H3,1,2,3,4)/q;2*+1;/p-2. The maximum absolute atomic E-state index is 8.66. The van der Waals surface area contributed by atoms with Gasteiger partial charge in [0, 0.05) is 0 Å². The Kier molecular flexibility index (Phi) is 12.7. The molecule has 16 heavy (non-hydrogen) atoms. The van der Waals surface area contributed by atoms with E-state index in [4.69, 9.17) is 19.2 Å². The maximum atomic E-state index is 8.66. The van der Waals surface area contributed by atoms with Crippen molar-refractivity contribution in [2.75, 3.05) is 0 Å². The number of H-pyrrole nitrogens is 1. The van der Waals surface area contributed by atoms with Gasteiger partial charge < -0.3 is 24.2 Å². The minimum atomic E-state index is -5.14. The van der Waals surface area contributed by atoms with Gasteiger partial charge in [-0.1, -0.05) is 12.1 Å². The van der Waals surface area contributed by atoms with Crippen LogP contribution in [0.5, 0.6) is 0 Å². The molecule has 76 valence electrons. The molecule has 0 saturated carbocycles. The zero-order valence-corrected chi connectivity index (χ0v) is 16.1. The number of hydrogen-bond donors (Lipinski definition) is 2. The molecule has 0 spiro atoms. The number of rotatable bonds is 0. The van der Waals surface area contributed by atoms with E-state index in [9.17, 15) is 0 Å². The Balaban J connectivity index is 0. The van der Waals surface area contributed by atoms with Gasteiger partial charge in [-0.25, -0.2) is 4.98 Å². The molecule has 0 aliphatic heterocycles. The van der Waals surface area contributed by atoms with E-state index in [0.29, 0.717) is 0 Å². The van der Waals surface area contributed by atoms with Crippen molar-refractivity contribution in [1.82, 2.24) is 9.97 Å². The molecule has 0 atom stereocenters. The number of nitrogens with one attached hydrogen (secondary N) is 1. The molecule has 0 bridgehead atoms. The number of phosphoric acid groups is 1. The second kappa shape index (κ2) is 9.93. The number of benzene rings is 1.